The summed E-state index contributed by atoms with van der Waals surface area (Å²) in [5.74, 6) is 0.113. The third-order valence-electron chi connectivity index (χ3n) is 5.36. The molecular weight excluding hydrogens is 370 g/mol. The van der Waals surface area contributed by atoms with Crippen LogP contribution in [0.4, 0.5) is 0 Å². The van der Waals surface area contributed by atoms with Crippen molar-refractivity contribution in [3.63, 3.8) is 0 Å². The molecule has 0 saturated carbocycles. The van der Waals surface area contributed by atoms with Gasteiger partial charge >= 0.3 is 0 Å². The van der Waals surface area contributed by atoms with Gasteiger partial charge in [-0.05, 0) is 45.7 Å². The molecule has 1 aliphatic heterocycles. The number of carbonyl (C=O) groups excluding carboxylic acids is 2. The highest BCUT2D eigenvalue weighted by atomic mass is 16.3. The highest BCUT2D eigenvalue weighted by Gasteiger charge is 2.26. The molecule has 1 N–H and O–H groups in total. The maximum Gasteiger partial charge on any atom is 0.287 e. The lowest BCUT2D eigenvalue weighted by molar-refractivity contribution is 0.0695. The van der Waals surface area contributed by atoms with E-state index in [0.717, 1.165) is 16.6 Å². The molecule has 2 amide bonds. The molecule has 152 valence electrons. The predicted octanol–water partition coefficient (Wildman–Crippen LogP) is 2.95. The van der Waals surface area contributed by atoms with Crippen molar-refractivity contribution in [1.29, 1.82) is 0 Å². The molecule has 3 aromatic heterocycles. The molecule has 0 spiro atoms. The lowest BCUT2D eigenvalue weighted by atomic mass is 10.0. The molecule has 1 aliphatic rings. The molecule has 4 rings (SSSR count). The smallest absolute Gasteiger partial charge is 0.287 e. The number of hydrogen-bond donors (Lipinski definition) is 1. The third-order valence-corrected chi connectivity index (χ3v) is 5.36. The minimum atomic E-state index is -0.200. The van der Waals surface area contributed by atoms with Crippen LogP contribution in [-0.2, 0) is 0 Å². The van der Waals surface area contributed by atoms with E-state index >= 15 is 0 Å². The number of aromatic nitrogens is 3. The Labute approximate surface area is 168 Å². The average Bonchev–Trinajstić information content (AvgIpc) is 3.33. The van der Waals surface area contributed by atoms with Crippen molar-refractivity contribution in [2.75, 3.05) is 13.1 Å². The van der Waals surface area contributed by atoms with Crippen molar-refractivity contribution in [1.82, 2.24) is 25.0 Å². The van der Waals surface area contributed by atoms with Gasteiger partial charge in [0.25, 0.3) is 11.8 Å². The van der Waals surface area contributed by atoms with Gasteiger partial charge in [-0.25, -0.2) is 9.67 Å². The van der Waals surface area contributed by atoms with E-state index in [1.807, 2.05) is 36.4 Å². The standard InChI is InChI=1S/C21H25N5O3/c1-13(2)26-19-15(12-23-26)10-16(11-22-19)21(28)25-7-4-17(5-8-25)24-20(27)18-14(3)6-9-29-18/h6,9-13,17H,4-5,7-8H2,1-3H3,(H,24,27). The van der Waals surface area contributed by atoms with Crippen LogP contribution in [0.25, 0.3) is 11.0 Å². The van der Waals surface area contributed by atoms with Crippen molar-refractivity contribution in [3.05, 3.63) is 47.7 Å². The quantitative estimate of drug-likeness (QED) is 0.733. The number of carbonyl (C=O) groups is 2. The zero-order valence-corrected chi connectivity index (χ0v) is 16.9. The maximum absolute atomic E-state index is 12.9. The molecule has 0 bridgehead atoms. The monoisotopic (exact) mass is 395 g/mol. The maximum atomic E-state index is 12.9. The molecule has 8 heteroatoms. The second-order valence-electron chi connectivity index (χ2n) is 7.79. The Kier molecular flexibility index (Phi) is 5.08. The molecule has 0 atom stereocenters. The molecule has 0 unspecified atom stereocenters. The SMILES string of the molecule is Cc1ccoc1C(=O)NC1CCN(C(=O)c2cnc3c(cnn3C(C)C)c2)CC1. The Hall–Kier alpha value is -3.16. The van der Waals surface area contributed by atoms with Crippen LogP contribution >= 0.6 is 0 Å². The van der Waals surface area contributed by atoms with Crippen molar-refractivity contribution >= 4 is 22.8 Å². The number of rotatable bonds is 4. The Morgan fingerprint density at radius 1 is 1.24 bits per heavy atom. The largest absolute Gasteiger partial charge is 0.459 e. The second-order valence-corrected chi connectivity index (χ2v) is 7.79. The van der Waals surface area contributed by atoms with Crippen LogP contribution in [0.3, 0.4) is 0 Å². The van der Waals surface area contributed by atoms with E-state index in [2.05, 4.69) is 15.4 Å². The van der Waals surface area contributed by atoms with Crippen molar-refractivity contribution < 1.29 is 14.0 Å². The number of amides is 2. The third kappa shape index (κ3) is 3.74. The summed E-state index contributed by atoms with van der Waals surface area (Å²) >= 11 is 0. The topological polar surface area (TPSA) is 93.3 Å². The van der Waals surface area contributed by atoms with Gasteiger partial charge in [0.2, 0.25) is 0 Å². The van der Waals surface area contributed by atoms with Gasteiger partial charge in [-0.1, -0.05) is 0 Å². The Bertz CT molecular complexity index is 1040. The highest BCUT2D eigenvalue weighted by molar-refractivity contribution is 5.97. The molecule has 0 aromatic carbocycles. The van der Waals surface area contributed by atoms with E-state index in [1.54, 1.807) is 18.5 Å². The van der Waals surface area contributed by atoms with E-state index in [0.29, 0.717) is 37.3 Å². The van der Waals surface area contributed by atoms with Gasteiger partial charge in [-0.15, -0.1) is 0 Å². The van der Waals surface area contributed by atoms with E-state index in [-0.39, 0.29) is 23.9 Å². The highest BCUT2D eigenvalue weighted by Crippen LogP contribution is 2.20. The summed E-state index contributed by atoms with van der Waals surface area (Å²) in [5, 5.41) is 8.22. The predicted molar refractivity (Wildman–Crippen MR) is 108 cm³/mol. The van der Waals surface area contributed by atoms with Crippen LogP contribution in [-0.4, -0.2) is 50.6 Å². The van der Waals surface area contributed by atoms with Crippen LogP contribution in [0, 0.1) is 6.92 Å². The van der Waals surface area contributed by atoms with Crippen LogP contribution in [0.5, 0.6) is 0 Å². The number of likely N-dealkylation sites (tertiary alicyclic amines) is 1. The average molecular weight is 395 g/mol. The summed E-state index contributed by atoms with van der Waals surface area (Å²) in [6.07, 6.45) is 6.30. The Morgan fingerprint density at radius 2 is 2.00 bits per heavy atom. The van der Waals surface area contributed by atoms with Gasteiger partial charge in [0.15, 0.2) is 11.4 Å². The van der Waals surface area contributed by atoms with Crippen LogP contribution in [0.15, 0.2) is 35.2 Å². The number of nitrogens with zero attached hydrogens (tertiary/aromatic N) is 4. The van der Waals surface area contributed by atoms with Gasteiger partial charge in [0.05, 0.1) is 18.0 Å². The molecule has 3 aromatic rings. The Morgan fingerprint density at radius 3 is 2.66 bits per heavy atom. The molecular formula is C21H25N5O3. The molecule has 1 fully saturated rings. The fourth-order valence-electron chi connectivity index (χ4n) is 3.70. The molecule has 0 radical (unpaired) electrons. The first-order chi connectivity index (χ1) is 13.9. The van der Waals surface area contributed by atoms with Gasteiger partial charge in [-0.2, -0.15) is 5.10 Å². The summed E-state index contributed by atoms with van der Waals surface area (Å²) < 4.78 is 7.09. The number of nitrogens with one attached hydrogen (secondary N) is 1. The first kappa shape index (κ1) is 19.2. The summed E-state index contributed by atoms with van der Waals surface area (Å²) in [7, 11) is 0. The van der Waals surface area contributed by atoms with E-state index in [9.17, 15) is 9.59 Å². The minimum Gasteiger partial charge on any atom is -0.459 e. The number of hydrogen-bond acceptors (Lipinski definition) is 5. The normalized spacial score (nSPS) is 15.2. The minimum absolute atomic E-state index is 0.0286. The van der Waals surface area contributed by atoms with Gasteiger partial charge in [0.1, 0.15) is 0 Å². The number of furan rings is 1. The second kappa shape index (κ2) is 7.69. The van der Waals surface area contributed by atoms with Crippen molar-refractivity contribution in [3.8, 4) is 0 Å². The van der Waals surface area contributed by atoms with E-state index in [1.165, 1.54) is 6.26 Å². The van der Waals surface area contributed by atoms with Crippen LogP contribution in [0.1, 0.15) is 59.2 Å². The summed E-state index contributed by atoms with van der Waals surface area (Å²) in [5.41, 5.74) is 2.17. The molecule has 8 nitrogen and oxygen atoms in total. The molecule has 29 heavy (non-hydrogen) atoms. The zero-order valence-electron chi connectivity index (χ0n) is 16.9. The van der Waals surface area contributed by atoms with E-state index < -0.39 is 0 Å². The van der Waals surface area contributed by atoms with Gasteiger partial charge < -0.3 is 14.6 Å². The van der Waals surface area contributed by atoms with Crippen molar-refractivity contribution in [2.45, 2.75) is 45.7 Å². The zero-order chi connectivity index (χ0) is 20.5. The lowest BCUT2D eigenvalue weighted by Crippen LogP contribution is -2.46. The number of pyridine rings is 1. The summed E-state index contributed by atoms with van der Waals surface area (Å²) in [6.45, 7) is 7.11. The molecule has 4 heterocycles. The first-order valence-electron chi connectivity index (χ1n) is 9.91. The number of piperidine rings is 1. The van der Waals surface area contributed by atoms with E-state index in [4.69, 9.17) is 4.42 Å². The van der Waals surface area contributed by atoms with Gasteiger partial charge in [0, 0.05) is 42.3 Å². The molecule has 0 aliphatic carbocycles. The van der Waals surface area contributed by atoms with Crippen molar-refractivity contribution in [2.24, 2.45) is 0 Å². The first-order valence-corrected chi connectivity index (χ1v) is 9.91. The Balaban J connectivity index is 1.38. The fourth-order valence-corrected chi connectivity index (χ4v) is 3.70. The number of fused-ring (bicyclic) bond motifs is 1. The summed E-state index contributed by atoms with van der Waals surface area (Å²) in [4.78, 5) is 31.5. The summed E-state index contributed by atoms with van der Waals surface area (Å²) in [6, 6.07) is 3.86. The fraction of sp³-hybridized carbons (Fsp3) is 0.429. The van der Waals surface area contributed by atoms with Crippen LogP contribution in [0.2, 0.25) is 0 Å². The molecule has 1 saturated heterocycles. The van der Waals surface area contributed by atoms with Crippen LogP contribution < -0.4 is 5.32 Å². The van der Waals surface area contributed by atoms with Gasteiger partial charge in [-0.3, -0.25) is 9.59 Å². The lowest BCUT2D eigenvalue weighted by Gasteiger charge is -2.32. The number of aryl methyl sites for hydroxylation is 1.